The predicted molar refractivity (Wildman–Crippen MR) is 108 cm³/mol. The quantitative estimate of drug-likeness (QED) is 0.695. The molecule has 1 saturated carbocycles. The van der Waals surface area contributed by atoms with E-state index in [1.54, 1.807) is 13.0 Å². The molecule has 2 unspecified atom stereocenters. The summed E-state index contributed by atoms with van der Waals surface area (Å²) in [6, 6.07) is 4.15. The molecule has 2 aromatic rings. The number of aryl methyl sites for hydroxylation is 1. The summed E-state index contributed by atoms with van der Waals surface area (Å²) in [4.78, 5) is 13.0. The molecule has 2 fully saturated rings. The highest BCUT2D eigenvalue weighted by Crippen LogP contribution is 2.41. The van der Waals surface area contributed by atoms with Gasteiger partial charge in [-0.1, -0.05) is 12.1 Å². The molecule has 0 spiro atoms. The van der Waals surface area contributed by atoms with Crippen molar-refractivity contribution in [2.45, 2.75) is 51.9 Å². The molecule has 4 atom stereocenters. The number of likely N-dealkylation sites (tertiary alicyclic amines) is 1. The lowest BCUT2D eigenvalue weighted by Crippen LogP contribution is -2.32. The Morgan fingerprint density at radius 1 is 1.25 bits per heavy atom. The van der Waals surface area contributed by atoms with Gasteiger partial charge in [-0.05, 0) is 55.7 Å². The molecule has 2 heterocycles. The number of carboxylic acid groups (broad SMARTS) is 1. The fourth-order valence-electron chi connectivity index (χ4n) is 4.94. The molecule has 32 heavy (non-hydrogen) atoms. The Morgan fingerprint density at radius 2 is 1.91 bits per heavy atom. The van der Waals surface area contributed by atoms with Crippen molar-refractivity contribution < 1.29 is 32.9 Å². The zero-order valence-electron chi connectivity index (χ0n) is 17.8. The second kappa shape index (κ2) is 8.49. The first-order valence-electron chi connectivity index (χ1n) is 10.5. The first-order chi connectivity index (χ1) is 15.0. The number of carboxylic acids is 1. The molecule has 4 rings (SSSR count). The molecule has 1 aliphatic heterocycles. The molecule has 174 valence electrons. The second-order valence-corrected chi connectivity index (χ2v) is 8.76. The van der Waals surface area contributed by atoms with Gasteiger partial charge in [-0.25, -0.2) is 9.48 Å². The van der Waals surface area contributed by atoms with Gasteiger partial charge in [0.15, 0.2) is 5.69 Å². The lowest BCUT2D eigenvalue weighted by molar-refractivity contribution is -0.138. The maximum absolute atomic E-state index is 13.1. The molecule has 0 amide bonds. The number of aromatic carboxylic acids is 1. The summed E-state index contributed by atoms with van der Waals surface area (Å²) in [7, 11) is 0. The summed E-state index contributed by atoms with van der Waals surface area (Å²) in [5, 5.41) is 23.8. The molecule has 0 radical (unpaired) electrons. The summed E-state index contributed by atoms with van der Waals surface area (Å²) in [5.74, 6) is -0.538. The van der Waals surface area contributed by atoms with Gasteiger partial charge >= 0.3 is 12.1 Å². The van der Waals surface area contributed by atoms with E-state index in [9.17, 15) is 23.1 Å². The third-order valence-corrected chi connectivity index (χ3v) is 6.64. The Morgan fingerprint density at radius 3 is 2.47 bits per heavy atom. The van der Waals surface area contributed by atoms with Gasteiger partial charge in [0.1, 0.15) is 0 Å². The number of fused-ring (bicyclic) bond motifs is 1. The fourth-order valence-corrected chi connectivity index (χ4v) is 4.94. The van der Waals surface area contributed by atoms with Crippen LogP contribution >= 0.6 is 0 Å². The van der Waals surface area contributed by atoms with Crippen LogP contribution in [0, 0.1) is 25.7 Å². The number of aliphatic hydroxyl groups excluding tert-OH is 1. The van der Waals surface area contributed by atoms with E-state index < -0.39 is 24.1 Å². The van der Waals surface area contributed by atoms with Crippen LogP contribution in [0.25, 0.3) is 0 Å². The SMILES string of the molecule is Cc1cn(C(O)N2C[C@H]3CC(OCc4cccc(C(F)(F)F)c4C)C[C@H]3C2)nc1C(=O)O. The molecule has 2 N–H and O–H groups in total. The molecular weight excluding hydrogens is 427 g/mol. The summed E-state index contributed by atoms with van der Waals surface area (Å²) < 4.78 is 46.6. The zero-order chi connectivity index (χ0) is 23.2. The van der Waals surface area contributed by atoms with Crippen LogP contribution < -0.4 is 0 Å². The van der Waals surface area contributed by atoms with Gasteiger partial charge in [0.25, 0.3) is 0 Å². The van der Waals surface area contributed by atoms with Crippen molar-refractivity contribution in [1.29, 1.82) is 0 Å². The van der Waals surface area contributed by atoms with Gasteiger partial charge in [-0.3, -0.25) is 4.90 Å². The van der Waals surface area contributed by atoms with Crippen LogP contribution in [0.1, 0.15) is 51.9 Å². The minimum absolute atomic E-state index is 0.0382. The van der Waals surface area contributed by atoms with Crippen molar-refractivity contribution in [2.75, 3.05) is 13.1 Å². The minimum Gasteiger partial charge on any atom is -0.476 e. The number of aliphatic hydroxyl groups is 1. The van der Waals surface area contributed by atoms with E-state index in [4.69, 9.17) is 9.84 Å². The Labute approximate surface area is 183 Å². The summed E-state index contributed by atoms with van der Waals surface area (Å²) in [5.41, 5.74) is 0.502. The Bertz CT molecular complexity index is 993. The Balaban J connectivity index is 1.33. The highest BCUT2D eigenvalue weighted by molar-refractivity contribution is 5.86. The van der Waals surface area contributed by atoms with Gasteiger partial charge in [-0.2, -0.15) is 18.3 Å². The number of aromatic nitrogens is 2. The maximum atomic E-state index is 13.1. The van der Waals surface area contributed by atoms with E-state index >= 15 is 0 Å². The Kier molecular flexibility index (Phi) is 6.04. The summed E-state index contributed by atoms with van der Waals surface area (Å²) in [6.07, 6.45) is -2.41. The third kappa shape index (κ3) is 4.39. The summed E-state index contributed by atoms with van der Waals surface area (Å²) in [6.45, 7) is 4.48. The number of halogens is 3. The predicted octanol–water partition coefficient (Wildman–Crippen LogP) is 3.59. The molecular formula is C22H26F3N3O4. The number of alkyl halides is 3. The molecule has 10 heteroatoms. The van der Waals surface area contributed by atoms with E-state index in [0.717, 1.165) is 18.9 Å². The molecule has 0 bridgehead atoms. The van der Waals surface area contributed by atoms with Crippen molar-refractivity contribution in [3.05, 3.63) is 52.3 Å². The van der Waals surface area contributed by atoms with Gasteiger partial charge in [0, 0.05) is 24.8 Å². The molecule has 1 aromatic heterocycles. The number of hydrogen-bond donors (Lipinski definition) is 2. The average molecular weight is 453 g/mol. The van der Waals surface area contributed by atoms with Crippen LogP contribution in [-0.4, -0.2) is 50.1 Å². The van der Waals surface area contributed by atoms with Gasteiger partial charge in [0.2, 0.25) is 6.35 Å². The number of benzene rings is 1. The van der Waals surface area contributed by atoms with Crippen LogP contribution in [0.15, 0.2) is 24.4 Å². The van der Waals surface area contributed by atoms with Gasteiger partial charge in [-0.15, -0.1) is 0 Å². The van der Waals surface area contributed by atoms with Crippen LogP contribution in [0.4, 0.5) is 13.2 Å². The zero-order valence-corrected chi connectivity index (χ0v) is 17.8. The van der Waals surface area contributed by atoms with Crippen LogP contribution in [-0.2, 0) is 17.5 Å². The normalized spacial score (nSPS) is 24.6. The largest absolute Gasteiger partial charge is 0.476 e. The van der Waals surface area contributed by atoms with E-state index in [2.05, 4.69) is 5.10 Å². The smallest absolute Gasteiger partial charge is 0.416 e. The van der Waals surface area contributed by atoms with Crippen molar-refractivity contribution >= 4 is 5.97 Å². The third-order valence-electron chi connectivity index (χ3n) is 6.64. The highest BCUT2D eigenvalue weighted by atomic mass is 19.4. The van der Waals surface area contributed by atoms with Gasteiger partial charge in [0.05, 0.1) is 18.3 Å². The second-order valence-electron chi connectivity index (χ2n) is 8.76. The standard InChI is InChI=1S/C22H26F3N3O4/c1-12-8-28(26-19(12)20(29)30)21(31)27-9-15-6-17(7-16(15)10-27)32-11-14-4-3-5-18(13(14)2)22(23,24)25/h3-5,8,15-17,21,31H,6-7,9-11H2,1-2H3,(H,29,30)/t15-,16+,17?,21?. The monoisotopic (exact) mass is 453 g/mol. The van der Waals surface area contributed by atoms with E-state index in [1.165, 1.54) is 23.9 Å². The number of rotatable bonds is 6. The van der Waals surface area contributed by atoms with Crippen molar-refractivity contribution in [3.63, 3.8) is 0 Å². The van der Waals surface area contributed by atoms with Crippen LogP contribution in [0.3, 0.4) is 0 Å². The van der Waals surface area contributed by atoms with Crippen LogP contribution in [0.5, 0.6) is 0 Å². The van der Waals surface area contributed by atoms with Crippen molar-refractivity contribution in [2.24, 2.45) is 11.8 Å². The Hall–Kier alpha value is -2.43. The number of carbonyl (C=O) groups is 1. The fraction of sp³-hybridized carbons (Fsp3) is 0.545. The minimum atomic E-state index is -4.38. The van der Waals surface area contributed by atoms with Crippen molar-refractivity contribution in [3.8, 4) is 0 Å². The lowest BCUT2D eigenvalue weighted by Gasteiger charge is -2.24. The van der Waals surface area contributed by atoms with E-state index in [-0.39, 0.29) is 24.0 Å². The first-order valence-corrected chi connectivity index (χ1v) is 10.5. The van der Waals surface area contributed by atoms with Gasteiger partial charge < -0.3 is 14.9 Å². The van der Waals surface area contributed by atoms with Crippen LogP contribution in [0.2, 0.25) is 0 Å². The molecule has 7 nitrogen and oxygen atoms in total. The lowest BCUT2D eigenvalue weighted by atomic mass is 10.0. The molecule has 2 aliphatic rings. The maximum Gasteiger partial charge on any atom is 0.416 e. The number of nitrogens with zero attached hydrogens (tertiary/aromatic N) is 3. The number of ether oxygens (including phenoxy) is 1. The van der Waals surface area contributed by atoms with Crippen molar-refractivity contribution in [1.82, 2.24) is 14.7 Å². The first kappa shape index (κ1) is 22.8. The van der Waals surface area contributed by atoms with E-state index in [0.29, 0.717) is 36.1 Å². The molecule has 1 aliphatic carbocycles. The topological polar surface area (TPSA) is 87.8 Å². The number of hydrogen-bond acceptors (Lipinski definition) is 5. The highest BCUT2D eigenvalue weighted by Gasteiger charge is 2.43. The molecule has 1 aromatic carbocycles. The van der Waals surface area contributed by atoms with E-state index in [1.807, 2.05) is 4.90 Å². The average Bonchev–Trinajstić information content (AvgIpc) is 3.38. The summed E-state index contributed by atoms with van der Waals surface area (Å²) >= 11 is 0. The molecule has 1 saturated heterocycles.